The monoisotopic (exact) mass is 237 g/mol. The minimum absolute atomic E-state index is 0.0102. The number of halogens is 1. The van der Waals surface area contributed by atoms with Crippen molar-refractivity contribution in [2.75, 3.05) is 7.11 Å². The second-order valence-electron chi connectivity index (χ2n) is 3.68. The predicted molar refractivity (Wildman–Crippen MR) is 61.1 cm³/mol. The Hall–Kier alpha value is -1.53. The smallest absolute Gasteiger partial charge is 0.307 e. The molecule has 1 aromatic carbocycles. The second kappa shape index (κ2) is 5.00. The first-order valence-corrected chi connectivity index (χ1v) is 5.14. The molecule has 0 saturated carbocycles. The summed E-state index contributed by atoms with van der Waals surface area (Å²) >= 11 is 6.01. The molecule has 1 unspecified atom stereocenters. The minimum atomic E-state index is -0.953. The molecule has 16 heavy (non-hydrogen) atoms. The van der Waals surface area contributed by atoms with Crippen LogP contribution in [0.1, 0.15) is 18.9 Å². The van der Waals surface area contributed by atoms with E-state index in [0.29, 0.717) is 10.6 Å². The number of hydrogen-bond acceptors (Lipinski definition) is 3. The van der Waals surface area contributed by atoms with Gasteiger partial charge in [0.05, 0.1) is 25.0 Å². The van der Waals surface area contributed by atoms with Gasteiger partial charge in [0.1, 0.15) is 0 Å². The number of methoxy groups -OCH3 is 1. The molecule has 1 aromatic rings. The van der Waals surface area contributed by atoms with E-state index in [1.807, 2.05) is 0 Å². The van der Waals surface area contributed by atoms with Gasteiger partial charge in [-0.05, 0) is 18.6 Å². The third-order valence-corrected chi connectivity index (χ3v) is 2.77. The van der Waals surface area contributed by atoms with Crippen molar-refractivity contribution in [3.05, 3.63) is 34.9 Å². The van der Waals surface area contributed by atoms with Crippen molar-refractivity contribution in [2.45, 2.75) is 18.8 Å². The summed E-state index contributed by atoms with van der Waals surface area (Å²) < 4.78 is 4.58. The van der Waals surface area contributed by atoms with Crippen molar-refractivity contribution in [2.24, 2.45) is 0 Å². The van der Waals surface area contributed by atoms with Crippen LogP contribution in [-0.2, 0) is 14.9 Å². The van der Waals surface area contributed by atoms with Crippen LogP contribution < -0.4 is 0 Å². The molecule has 1 atom stereocenters. The standard InChI is InChI=1S/C12H12ClNO2/c1-12(8-14,7-11(15)16-2)9-5-3-4-6-10(9)13/h3-6H,7H2,1-2H3. The van der Waals surface area contributed by atoms with Crippen LogP contribution in [0, 0.1) is 11.3 Å². The van der Waals surface area contributed by atoms with Gasteiger partial charge in [0.15, 0.2) is 0 Å². The first kappa shape index (κ1) is 12.5. The fourth-order valence-electron chi connectivity index (χ4n) is 1.46. The number of ether oxygens (including phenoxy) is 1. The van der Waals surface area contributed by atoms with Crippen molar-refractivity contribution in [3.63, 3.8) is 0 Å². The van der Waals surface area contributed by atoms with E-state index < -0.39 is 11.4 Å². The Balaban J connectivity index is 3.11. The quantitative estimate of drug-likeness (QED) is 0.760. The Kier molecular flexibility index (Phi) is 3.92. The molecule has 0 aromatic heterocycles. The molecule has 0 spiro atoms. The number of benzene rings is 1. The van der Waals surface area contributed by atoms with E-state index >= 15 is 0 Å². The number of hydrogen-bond donors (Lipinski definition) is 0. The molecule has 0 aliphatic rings. The molecular weight excluding hydrogens is 226 g/mol. The molecule has 0 fully saturated rings. The van der Waals surface area contributed by atoms with Crippen molar-refractivity contribution >= 4 is 17.6 Å². The predicted octanol–water partition coefficient (Wildman–Crippen LogP) is 2.68. The lowest BCUT2D eigenvalue weighted by Gasteiger charge is -2.21. The molecule has 0 aliphatic heterocycles. The van der Waals surface area contributed by atoms with Crippen LogP contribution >= 0.6 is 11.6 Å². The van der Waals surface area contributed by atoms with Crippen LogP contribution in [0.2, 0.25) is 5.02 Å². The molecule has 0 aliphatic carbocycles. The fourth-order valence-corrected chi connectivity index (χ4v) is 1.81. The van der Waals surface area contributed by atoms with Gasteiger partial charge in [-0.15, -0.1) is 0 Å². The Morgan fingerprint density at radius 3 is 2.69 bits per heavy atom. The van der Waals surface area contributed by atoms with E-state index in [9.17, 15) is 10.1 Å². The van der Waals surface area contributed by atoms with Gasteiger partial charge in [-0.25, -0.2) is 0 Å². The lowest BCUT2D eigenvalue weighted by atomic mass is 9.81. The maximum absolute atomic E-state index is 11.3. The molecule has 0 radical (unpaired) electrons. The topological polar surface area (TPSA) is 50.1 Å². The van der Waals surface area contributed by atoms with Crippen molar-refractivity contribution in [3.8, 4) is 6.07 Å². The molecular formula is C12H12ClNO2. The number of rotatable bonds is 3. The van der Waals surface area contributed by atoms with E-state index in [1.165, 1.54) is 7.11 Å². The molecule has 4 heteroatoms. The molecule has 0 heterocycles. The van der Waals surface area contributed by atoms with Gasteiger partial charge in [0.25, 0.3) is 0 Å². The summed E-state index contributed by atoms with van der Waals surface area (Å²) in [6.07, 6.45) is -0.0102. The summed E-state index contributed by atoms with van der Waals surface area (Å²) in [5.74, 6) is -0.427. The van der Waals surface area contributed by atoms with Gasteiger partial charge in [0.2, 0.25) is 0 Å². The highest BCUT2D eigenvalue weighted by Crippen LogP contribution is 2.32. The summed E-state index contributed by atoms with van der Waals surface area (Å²) in [6.45, 7) is 1.67. The van der Waals surface area contributed by atoms with Gasteiger partial charge in [-0.1, -0.05) is 29.8 Å². The maximum atomic E-state index is 11.3. The number of nitrogens with zero attached hydrogens (tertiary/aromatic N) is 1. The van der Waals surface area contributed by atoms with Gasteiger partial charge in [-0.2, -0.15) is 5.26 Å². The third-order valence-electron chi connectivity index (χ3n) is 2.44. The van der Waals surface area contributed by atoms with E-state index in [2.05, 4.69) is 10.8 Å². The van der Waals surface area contributed by atoms with Crippen LogP contribution in [0.3, 0.4) is 0 Å². The molecule has 0 amide bonds. The Labute approximate surface area is 99.6 Å². The summed E-state index contributed by atoms with van der Waals surface area (Å²) in [7, 11) is 1.30. The van der Waals surface area contributed by atoms with Crippen LogP contribution in [0.15, 0.2) is 24.3 Å². The maximum Gasteiger partial charge on any atom is 0.307 e. The Morgan fingerprint density at radius 1 is 1.56 bits per heavy atom. The summed E-state index contributed by atoms with van der Waals surface area (Å²) in [5, 5.41) is 9.67. The SMILES string of the molecule is COC(=O)CC(C)(C#N)c1ccccc1Cl. The average molecular weight is 238 g/mol. The summed E-state index contributed by atoms with van der Waals surface area (Å²) in [6, 6.07) is 9.12. The number of nitriles is 1. The highest BCUT2D eigenvalue weighted by atomic mass is 35.5. The fraction of sp³-hybridized carbons (Fsp3) is 0.333. The number of carbonyl (C=O) groups is 1. The highest BCUT2D eigenvalue weighted by Gasteiger charge is 2.31. The lowest BCUT2D eigenvalue weighted by molar-refractivity contribution is -0.141. The first-order chi connectivity index (χ1) is 7.53. The molecule has 0 N–H and O–H groups in total. The van der Waals surface area contributed by atoms with Crippen LogP contribution in [-0.4, -0.2) is 13.1 Å². The third kappa shape index (κ3) is 2.53. The van der Waals surface area contributed by atoms with Crippen LogP contribution in [0.5, 0.6) is 0 Å². The zero-order valence-electron chi connectivity index (χ0n) is 9.16. The highest BCUT2D eigenvalue weighted by molar-refractivity contribution is 6.31. The largest absolute Gasteiger partial charge is 0.469 e. The normalized spacial score (nSPS) is 13.6. The molecule has 1 rings (SSSR count). The summed E-state index contributed by atoms with van der Waals surface area (Å²) in [5.41, 5.74) is -0.310. The van der Waals surface area contributed by atoms with Crippen molar-refractivity contribution < 1.29 is 9.53 Å². The number of esters is 1. The van der Waals surface area contributed by atoms with E-state index in [0.717, 1.165) is 0 Å². The van der Waals surface area contributed by atoms with Crippen LogP contribution in [0.25, 0.3) is 0 Å². The number of carbonyl (C=O) groups excluding carboxylic acids is 1. The zero-order valence-corrected chi connectivity index (χ0v) is 9.91. The van der Waals surface area contributed by atoms with E-state index in [-0.39, 0.29) is 6.42 Å². The van der Waals surface area contributed by atoms with Crippen molar-refractivity contribution in [1.82, 2.24) is 0 Å². The molecule has 3 nitrogen and oxygen atoms in total. The molecule has 84 valence electrons. The van der Waals surface area contributed by atoms with Gasteiger partial charge in [0, 0.05) is 5.02 Å². The van der Waals surface area contributed by atoms with E-state index in [1.54, 1.807) is 31.2 Å². The van der Waals surface area contributed by atoms with Crippen LogP contribution in [0.4, 0.5) is 0 Å². The average Bonchev–Trinajstić information content (AvgIpc) is 2.29. The van der Waals surface area contributed by atoms with Gasteiger partial charge < -0.3 is 4.74 Å². The minimum Gasteiger partial charge on any atom is -0.469 e. The molecule has 0 saturated heterocycles. The van der Waals surface area contributed by atoms with Gasteiger partial charge >= 0.3 is 5.97 Å². The molecule has 0 bridgehead atoms. The second-order valence-corrected chi connectivity index (χ2v) is 4.08. The first-order valence-electron chi connectivity index (χ1n) is 4.76. The van der Waals surface area contributed by atoms with Crippen molar-refractivity contribution in [1.29, 1.82) is 5.26 Å². The van der Waals surface area contributed by atoms with Gasteiger partial charge in [-0.3, -0.25) is 4.79 Å². The Bertz CT molecular complexity index is 439. The lowest BCUT2D eigenvalue weighted by Crippen LogP contribution is -2.25. The summed E-state index contributed by atoms with van der Waals surface area (Å²) in [4.78, 5) is 11.3. The Morgan fingerprint density at radius 2 is 2.19 bits per heavy atom. The van der Waals surface area contributed by atoms with E-state index in [4.69, 9.17) is 11.6 Å². The zero-order chi connectivity index (χ0) is 12.2.